The van der Waals surface area contributed by atoms with Crippen LogP contribution in [-0.2, 0) is 6.18 Å². The predicted octanol–water partition coefficient (Wildman–Crippen LogP) is 2.74. The largest absolute Gasteiger partial charge is 0.433 e. The average molecular weight is 361 g/mol. The molecule has 0 unspecified atom stereocenters. The van der Waals surface area contributed by atoms with Gasteiger partial charge in [0.1, 0.15) is 17.0 Å². The lowest BCUT2D eigenvalue weighted by atomic mass is 10.1. The normalized spacial score (nSPS) is 12.2. The fourth-order valence-corrected chi connectivity index (χ4v) is 2.67. The molecule has 3 aromatic rings. The van der Waals surface area contributed by atoms with Gasteiger partial charge >= 0.3 is 6.18 Å². The molecular formula is C17H14F3N5O. The van der Waals surface area contributed by atoms with Gasteiger partial charge in [-0.05, 0) is 31.2 Å². The van der Waals surface area contributed by atoms with Crippen molar-refractivity contribution in [3.63, 3.8) is 0 Å². The van der Waals surface area contributed by atoms with E-state index in [-0.39, 0.29) is 22.3 Å². The van der Waals surface area contributed by atoms with Crippen LogP contribution in [0.15, 0.2) is 40.2 Å². The van der Waals surface area contributed by atoms with Crippen molar-refractivity contribution < 1.29 is 13.2 Å². The number of alkyl halides is 3. The first kappa shape index (κ1) is 17.6. The standard InChI is InChI=1S/C17H14F3N5O/c1-9-12(4-3-7-23-9)25-15-10(5-6-13(24-15)17(18,19)20)11(8-22-2)14(21)16(25)26/h3-8H,21H2,1-2H3. The van der Waals surface area contributed by atoms with Crippen LogP contribution in [0.25, 0.3) is 16.7 Å². The van der Waals surface area contributed by atoms with Gasteiger partial charge in [0, 0.05) is 30.4 Å². The van der Waals surface area contributed by atoms with Crippen LogP contribution in [0.3, 0.4) is 0 Å². The summed E-state index contributed by atoms with van der Waals surface area (Å²) in [6.07, 6.45) is -1.81. The minimum absolute atomic E-state index is 0.132. The first-order valence-electron chi connectivity index (χ1n) is 7.52. The molecule has 3 rings (SSSR count). The summed E-state index contributed by atoms with van der Waals surface area (Å²) in [4.78, 5) is 24.4. The highest BCUT2D eigenvalue weighted by Gasteiger charge is 2.33. The fraction of sp³-hybridized carbons (Fsp3) is 0.176. The Hall–Kier alpha value is -3.23. The zero-order valence-electron chi connectivity index (χ0n) is 13.9. The maximum atomic E-state index is 13.1. The molecule has 26 heavy (non-hydrogen) atoms. The molecule has 134 valence electrons. The van der Waals surface area contributed by atoms with E-state index in [4.69, 9.17) is 5.73 Å². The number of halogens is 3. The van der Waals surface area contributed by atoms with Gasteiger partial charge in [0.05, 0.1) is 11.4 Å². The zero-order valence-corrected chi connectivity index (χ0v) is 13.9. The van der Waals surface area contributed by atoms with E-state index in [0.29, 0.717) is 11.4 Å². The number of hydrogen-bond donors (Lipinski definition) is 1. The number of pyridine rings is 3. The molecular weight excluding hydrogens is 347 g/mol. The third-order valence-electron chi connectivity index (χ3n) is 3.87. The minimum Gasteiger partial charge on any atom is -0.394 e. The van der Waals surface area contributed by atoms with Crippen LogP contribution < -0.4 is 11.3 Å². The summed E-state index contributed by atoms with van der Waals surface area (Å²) in [6.45, 7) is 1.64. The van der Waals surface area contributed by atoms with Crippen LogP contribution in [0.1, 0.15) is 17.0 Å². The van der Waals surface area contributed by atoms with E-state index >= 15 is 0 Å². The summed E-state index contributed by atoms with van der Waals surface area (Å²) in [5, 5.41) is 0.281. The fourth-order valence-electron chi connectivity index (χ4n) is 2.67. The van der Waals surface area contributed by atoms with Crippen LogP contribution in [-0.4, -0.2) is 27.8 Å². The van der Waals surface area contributed by atoms with E-state index in [0.717, 1.165) is 10.6 Å². The Kier molecular flexibility index (Phi) is 4.23. The SMILES string of the molecule is CN=Cc1c(N)c(=O)n(-c2cccnc2C)c2nc(C(F)(F)F)ccc12. The van der Waals surface area contributed by atoms with E-state index in [1.807, 2.05) is 0 Å². The van der Waals surface area contributed by atoms with E-state index in [1.54, 1.807) is 19.1 Å². The minimum atomic E-state index is -4.65. The molecule has 9 heteroatoms. The first-order chi connectivity index (χ1) is 12.3. The Labute approximate surface area is 145 Å². The van der Waals surface area contributed by atoms with Gasteiger partial charge in [0.25, 0.3) is 5.56 Å². The number of aryl methyl sites for hydroxylation is 1. The maximum absolute atomic E-state index is 13.1. The molecule has 6 nitrogen and oxygen atoms in total. The zero-order chi connectivity index (χ0) is 19.1. The van der Waals surface area contributed by atoms with Crippen LogP contribution in [0.5, 0.6) is 0 Å². The number of aromatic nitrogens is 3. The van der Waals surface area contributed by atoms with Gasteiger partial charge in [0.2, 0.25) is 0 Å². The number of anilines is 1. The van der Waals surface area contributed by atoms with Crippen molar-refractivity contribution >= 4 is 22.9 Å². The topological polar surface area (TPSA) is 86.2 Å². The van der Waals surface area contributed by atoms with Gasteiger partial charge in [0.15, 0.2) is 0 Å². The van der Waals surface area contributed by atoms with Crippen molar-refractivity contribution in [2.45, 2.75) is 13.1 Å². The molecule has 0 aromatic carbocycles. The van der Waals surface area contributed by atoms with Gasteiger partial charge in [-0.3, -0.25) is 19.3 Å². The number of nitrogen functional groups attached to an aromatic ring is 1. The summed E-state index contributed by atoms with van der Waals surface area (Å²) < 4.78 is 40.5. The van der Waals surface area contributed by atoms with Crippen molar-refractivity contribution in [2.75, 3.05) is 12.8 Å². The number of hydrogen-bond acceptors (Lipinski definition) is 5. The number of aliphatic imine (C=N–C) groups is 1. The molecule has 3 heterocycles. The highest BCUT2D eigenvalue weighted by molar-refractivity contribution is 6.02. The van der Waals surface area contributed by atoms with E-state index in [1.165, 1.54) is 25.5 Å². The quantitative estimate of drug-likeness (QED) is 0.711. The van der Waals surface area contributed by atoms with Gasteiger partial charge in [-0.1, -0.05) is 0 Å². The Balaban J connectivity index is 2.54. The molecule has 2 N–H and O–H groups in total. The summed E-state index contributed by atoms with van der Waals surface area (Å²) in [5.74, 6) is 0. The average Bonchev–Trinajstić information content (AvgIpc) is 2.59. The molecule has 0 aliphatic rings. The Bertz CT molecular complexity index is 1090. The Morgan fingerprint density at radius 3 is 2.62 bits per heavy atom. The highest BCUT2D eigenvalue weighted by Crippen LogP contribution is 2.30. The van der Waals surface area contributed by atoms with E-state index in [2.05, 4.69) is 15.0 Å². The first-order valence-corrected chi connectivity index (χ1v) is 7.52. The van der Waals surface area contributed by atoms with Crippen molar-refractivity contribution in [1.29, 1.82) is 0 Å². The molecule has 0 atom stereocenters. The summed E-state index contributed by atoms with van der Waals surface area (Å²) in [7, 11) is 1.47. The molecule has 0 radical (unpaired) electrons. The van der Waals surface area contributed by atoms with Crippen molar-refractivity contribution in [3.05, 3.63) is 57.8 Å². The highest BCUT2D eigenvalue weighted by atomic mass is 19.4. The molecule has 3 aromatic heterocycles. The smallest absolute Gasteiger partial charge is 0.394 e. The van der Waals surface area contributed by atoms with Crippen LogP contribution >= 0.6 is 0 Å². The lowest BCUT2D eigenvalue weighted by molar-refractivity contribution is -0.141. The monoisotopic (exact) mass is 361 g/mol. The number of fused-ring (bicyclic) bond motifs is 1. The summed E-state index contributed by atoms with van der Waals surface area (Å²) in [5.41, 5.74) is 4.85. The number of rotatable bonds is 2. The van der Waals surface area contributed by atoms with Gasteiger partial charge in [-0.15, -0.1) is 0 Å². The second-order valence-electron chi connectivity index (χ2n) is 5.53. The van der Waals surface area contributed by atoms with Gasteiger partial charge in [-0.25, -0.2) is 4.98 Å². The summed E-state index contributed by atoms with van der Waals surface area (Å²) in [6, 6.07) is 5.23. The molecule has 0 saturated carbocycles. The molecule has 0 bridgehead atoms. The molecule has 0 aliphatic carbocycles. The maximum Gasteiger partial charge on any atom is 0.433 e. The molecule has 0 amide bonds. The number of nitrogens with zero attached hydrogens (tertiary/aromatic N) is 4. The Morgan fingerprint density at radius 1 is 1.27 bits per heavy atom. The lowest BCUT2D eigenvalue weighted by Crippen LogP contribution is -2.26. The Morgan fingerprint density at radius 2 is 2.00 bits per heavy atom. The van der Waals surface area contributed by atoms with Crippen molar-refractivity contribution in [1.82, 2.24) is 14.5 Å². The summed E-state index contributed by atoms with van der Waals surface area (Å²) >= 11 is 0. The van der Waals surface area contributed by atoms with E-state index in [9.17, 15) is 18.0 Å². The third kappa shape index (κ3) is 2.81. The van der Waals surface area contributed by atoms with Crippen LogP contribution in [0.4, 0.5) is 18.9 Å². The number of nitrogens with two attached hydrogens (primary N) is 1. The van der Waals surface area contributed by atoms with Crippen molar-refractivity contribution in [2.24, 2.45) is 4.99 Å². The lowest BCUT2D eigenvalue weighted by Gasteiger charge is -2.16. The second kappa shape index (κ2) is 6.25. The van der Waals surface area contributed by atoms with Gasteiger partial charge in [-0.2, -0.15) is 13.2 Å². The van der Waals surface area contributed by atoms with Crippen molar-refractivity contribution in [3.8, 4) is 5.69 Å². The predicted molar refractivity (Wildman–Crippen MR) is 92.8 cm³/mol. The second-order valence-corrected chi connectivity index (χ2v) is 5.53. The molecule has 0 aliphatic heterocycles. The van der Waals surface area contributed by atoms with E-state index < -0.39 is 17.4 Å². The molecule has 0 saturated heterocycles. The van der Waals surface area contributed by atoms with Crippen LogP contribution in [0.2, 0.25) is 0 Å². The molecule has 0 fully saturated rings. The van der Waals surface area contributed by atoms with Gasteiger partial charge < -0.3 is 5.73 Å². The third-order valence-corrected chi connectivity index (χ3v) is 3.87. The van der Waals surface area contributed by atoms with Crippen LogP contribution in [0, 0.1) is 6.92 Å². The molecule has 0 spiro atoms.